The summed E-state index contributed by atoms with van der Waals surface area (Å²) in [5.41, 5.74) is 4.22. The number of anilines is 1. The first kappa shape index (κ1) is 19.6. The van der Waals surface area contributed by atoms with Gasteiger partial charge in [0.25, 0.3) is 5.91 Å². The zero-order valence-corrected chi connectivity index (χ0v) is 16.0. The number of aryl methyl sites for hydroxylation is 2. The summed E-state index contributed by atoms with van der Waals surface area (Å²) in [5, 5.41) is 5.57. The second-order valence-electron chi connectivity index (χ2n) is 6.54. The fourth-order valence-corrected chi connectivity index (χ4v) is 2.91. The molecule has 7 nitrogen and oxygen atoms in total. The first-order chi connectivity index (χ1) is 13.5. The van der Waals surface area contributed by atoms with Crippen LogP contribution >= 0.6 is 0 Å². The highest BCUT2D eigenvalue weighted by molar-refractivity contribution is 5.97. The number of H-pyrrole nitrogens is 1. The zero-order chi connectivity index (χ0) is 19.9. The summed E-state index contributed by atoms with van der Waals surface area (Å²) in [5.74, 6) is 0.661. The van der Waals surface area contributed by atoms with Crippen LogP contribution < -0.4 is 10.6 Å². The highest BCUT2D eigenvalue weighted by Crippen LogP contribution is 2.16. The third kappa shape index (κ3) is 5.17. The van der Waals surface area contributed by atoms with Crippen molar-refractivity contribution in [1.29, 1.82) is 0 Å². The number of carbonyl (C=O) groups excluding carboxylic acids is 2. The first-order valence-corrected chi connectivity index (χ1v) is 9.17. The number of carbonyl (C=O) groups is 2. The lowest BCUT2D eigenvalue weighted by Gasteiger charge is -2.04. The van der Waals surface area contributed by atoms with Crippen molar-refractivity contribution in [3.8, 4) is 0 Å². The van der Waals surface area contributed by atoms with Crippen LogP contribution in [0.25, 0.3) is 11.0 Å². The minimum absolute atomic E-state index is 0.0817. The Hall–Kier alpha value is -3.19. The Morgan fingerprint density at radius 3 is 2.61 bits per heavy atom. The maximum atomic E-state index is 12.1. The van der Waals surface area contributed by atoms with Crippen LogP contribution in [-0.2, 0) is 22.4 Å². The topological polar surface area (TPSA) is 96.1 Å². The third-order valence-corrected chi connectivity index (χ3v) is 4.31. The Labute approximate surface area is 163 Å². The molecule has 1 heterocycles. The van der Waals surface area contributed by atoms with Gasteiger partial charge in [0, 0.05) is 38.2 Å². The van der Waals surface area contributed by atoms with E-state index in [2.05, 4.69) is 20.6 Å². The predicted molar refractivity (Wildman–Crippen MR) is 108 cm³/mol. The van der Waals surface area contributed by atoms with Crippen molar-refractivity contribution in [3.63, 3.8) is 0 Å². The van der Waals surface area contributed by atoms with Gasteiger partial charge in [0.2, 0.25) is 5.91 Å². The normalized spacial score (nSPS) is 10.8. The summed E-state index contributed by atoms with van der Waals surface area (Å²) >= 11 is 0. The second kappa shape index (κ2) is 9.14. The number of hydrogen-bond donors (Lipinski definition) is 3. The summed E-state index contributed by atoms with van der Waals surface area (Å²) in [7, 11) is 1.60. The van der Waals surface area contributed by atoms with Gasteiger partial charge in [-0.05, 0) is 42.3 Å². The van der Waals surface area contributed by atoms with E-state index in [0.29, 0.717) is 18.7 Å². The number of amides is 2. The fourth-order valence-electron chi connectivity index (χ4n) is 2.91. The average molecular weight is 380 g/mol. The Balaban J connectivity index is 1.62. The van der Waals surface area contributed by atoms with Gasteiger partial charge in [-0.25, -0.2) is 4.98 Å². The van der Waals surface area contributed by atoms with Crippen molar-refractivity contribution < 1.29 is 14.3 Å². The molecule has 3 rings (SSSR count). The minimum Gasteiger partial charge on any atom is -0.383 e. The number of rotatable bonds is 8. The number of nitrogens with zero attached hydrogens (tertiary/aromatic N) is 1. The average Bonchev–Trinajstić information content (AvgIpc) is 3.09. The summed E-state index contributed by atoms with van der Waals surface area (Å²) in [6.45, 7) is 2.44. The van der Waals surface area contributed by atoms with Crippen LogP contribution in [0.2, 0.25) is 0 Å². The van der Waals surface area contributed by atoms with E-state index in [1.807, 2.05) is 36.4 Å². The molecule has 0 atom stereocenters. The van der Waals surface area contributed by atoms with Crippen molar-refractivity contribution in [3.05, 3.63) is 59.4 Å². The molecule has 0 spiro atoms. The molecule has 1 aromatic heterocycles. The van der Waals surface area contributed by atoms with Crippen molar-refractivity contribution in [2.75, 3.05) is 25.6 Å². The molecule has 0 saturated carbocycles. The number of hydrogen-bond acceptors (Lipinski definition) is 4. The SMILES string of the molecule is COCCNC(=O)c1ccc2nc(CCc3ccc(NC(C)=O)cc3)[nH]c2c1. The van der Waals surface area contributed by atoms with Crippen molar-refractivity contribution in [1.82, 2.24) is 15.3 Å². The van der Waals surface area contributed by atoms with Gasteiger partial charge in [0.15, 0.2) is 0 Å². The van der Waals surface area contributed by atoms with E-state index in [1.165, 1.54) is 6.92 Å². The van der Waals surface area contributed by atoms with Crippen molar-refractivity contribution in [2.45, 2.75) is 19.8 Å². The van der Waals surface area contributed by atoms with E-state index in [-0.39, 0.29) is 11.8 Å². The molecule has 3 N–H and O–H groups in total. The number of benzene rings is 2. The fraction of sp³-hybridized carbons (Fsp3) is 0.286. The molecule has 0 radical (unpaired) electrons. The number of nitrogens with one attached hydrogen (secondary N) is 3. The molecule has 28 heavy (non-hydrogen) atoms. The molecule has 0 aliphatic rings. The highest BCUT2D eigenvalue weighted by atomic mass is 16.5. The van der Waals surface area contributed by atoms with Gasteiger partial charge < -0.3 is 20.4 Å². The van der Waals surface area contributed by atoms with Crippen LogP contribution in [0.3, 0.4) is 0 Å². The largest absolute Gasteiger partial charge is 0.383 e. The van der Waals surface area contributed by atoms with Crippen LogP contribution in [0.5, 0.6) is 0 Å². The quantitative estimate of drug-likeness (QED) is 0.524. The predicted octanol–water partition coefficient (Wildman–Crippen LogP) is 2.68. The van der Waals surface area contributed by atoms with E-state index in [9.17, 15) is 9.59 Å². The zero-order valence-electron chi connectivity index (χ0n) is 16.0. The van der Waals surface area contributed by atoms with Crippen molar-refractivity contribution >= 4 is 28.5 Å². The maximum absolute atomic E-state index is 12.1. The monoisotopic (exact) mass is 380 g/mol. The Morgan fingerprint density at radius 2 is 1.89 bits per heavy atom. The van der Waals surface area contributed by atoms with E-state index in [4.69, 9.17) is 4.74 Å². The highest BCUT2D eigenvalue weighted by Gasteiger charge is 2.09. The van der Waals surface area contributed by atoms with Crippen LogP contribution in [0.4, 0.5) is 5.69 Å². The smallest absolute Gasteiger partial charge is 0.251 e. The molecule has 0 fully saturated rings. The molecule has 0 unspecified atom stereocenters. The molecule has 3 aromatic rings. The third-order valence-electron chi connectivity index (χ3n) is 4.31. The molecular weight excluding hydrogens is 356 g/mol. The number of fused-ring (bicyclic) bond motifs is 1. The van der Waals surface area contributed by atoms with Gasteiger partial charge in [0.05, 0.1) is 17.6 Å². The summed E-state index contributed by atoms with van der Waals surface area (Å²) in [6.07, 6.45) is 1.58. The van der Waals surface area contributed by atoms with E-state index < -0.39 is 0 Å². The number of imidazole rings is 1. The summed E-state index contributed by atoms with van der Waals surface area (Å²) < 4.78 is 4.94. The van der Waals surface area contributed by atoms with Crippen LogP contribution in [-0.4, -0.2) is 42.0 Å². The number of aromatic amines is 1. The second-order valence-corrected chi connectivity index (χ2v) is 6.54. The van der Waals surface area contributed by atoms with Gasteiger partial charge in [-0.3, -0.25) is 9.59 Å². The number of ether oxygens (including phenoxy) is 1. The Bertz CT molecular complexity index is 963. The molecule has 146 valence electrons. The number of aromatic nitrogens is 2. The molecule has 2 amide bonds. The molecule has 7 heteroatoms. The summed E-state index contributed by atoms with van der Waals surface area (Å²) in [4.78, 5) is 31.1. The van der Waals surface area contributed by atoms with Crippen LogP contribution in [0.15, 0.2) is 42.5 Å². The van der Waals surface area contributed by atoms with Crippen LogP contribution in [0, 0.1) is 0 Å². The molecule has 0 saturated heterocycles. The molecule has 0 aliphatic heterocycles. The van der Waals surface area contributed by atoms with Gasteiger partial charge in [-0.2, -0.15) is 0 Å². The van der Waals surface area contributed by atoms with Gasteiger partial charge in [-0.1, -0.05) is 12.1 Å². The Morgan fingerprint density at radius 1 is 1.11 bits per heavy atom. The number of methoxy groups -OCH3 is 1. The molecular formula is C21H24N4O3. The molecule has 0 aliphatic carbocycles. The maximum Gasteiger partial charge on any atom is 0.251 e. The van der Waals surface area contributed by atoms with Crippen LogP contribution in [0.1, 0.15) is 28.7 Å². The van der Waals surface area contributed by atoms with Gasteiger partial charge in [0.1, 0.15) is 5.82 Å². The van der Waals surface area contributed by atoms with Crippen molar-refractivity contribution in [2.24, 2.45) is 0 Å². The van der Waals surface area contributed by atoms with Gasteiger partial charge >= 0.3 is 0 Å². The first-order valence-electron chi connectivity index (χ1n) is 9.17. The minimum atomic E-state index is -0.130. The van der Waals surface area contributed by atoms with Gasteiger partial charge in [-0.15, -0.1) is 0 Å². The standard InChI is InChI=1S/C21H24N4O3/c1-14(26)23-17-7-3-15(4-8-17)5-10-20-24-18-9-6-16(13-19(18)25-20)21(27)22-11-12-28-2/h3-4,6-9,13H,5,10-12H2,1-2H3,(H,22,27)(H,23,26)(H,24,25). The van der Waals surface area contributed by atoms with E-state index in [0.717, 1.165) is 41.0 Å². The van der Waals surface area contributed by atoms with E-state index in [1.54, 1.807) is 13.2 Å². The Kier molecular flexibility index (Phi) is 6.39. The molecule has 2 aromatic carbocycles. The van der Waals surface area contributed by atoms with E-state index >= 15 is 0 Å². The lowest BCUT2D eigenvalue weighted by molar-refractivity contribution is -0.114. The summed E-state index contributed by atoms with van der Waals surface area (Å²) in [6, 6.07) is 13.2. The lowest BCUT2D eigenvalue weighted by atomic mass is 10.1. The lowest BCUT2D eigenvalue weighted by Crippen LogP contribution is -2.26. The molecule has 0 bridgehead atoms.